The molecule has 0 spiro atoms. The first kappa shape index (κ1) is 14.3. The van der Waals surface area contributed by atoms with Gasteiger partial charge in [-0.2, -0.15) is 0 Å². The summed E-state index contributed by atoms with van der Waals surface area (Å²) < 4.78 is 0. The molecule has 2 aliphatic rings. The van der Waals surface area contributed by atoms with Crippen LogP contribution in [0.2, 0.25) is 5.02 Å². The molecule has 2 N–H and O–H groups in total. The fourth-order valence-corrected chi connectivity index (χ4v) is 4.10. The summed E-state index contributed by atoms with van der Waals surface area (Å²) >= 11 is 5.96. The van der Waals surface area contributed by atoms with E-state index in [0.717, 1.165) is 24.0 Å². The maximum Gasteiger partial charge on any atom is 0.0406 e. The van der Waals surface area contributed by atoms with Crippen molar-refractivity contribution in [1.29, 1.82) is 0 Å². The van der Waals surface area contributed by atoms with Crippen molar-refractivity contribution in [3.63, 3.8) is 0 Å². The molecule has 0 aliphatic carbocycles. The van der Waals surface area contributed by atoms with Gasteiger partial charge in [-0.3, -0.25) is 4.90 Å². The topological polar surface area (TPSA) is 32.5 Å². The van der Waals surface area contributed by atoms with Crippen LogP contribution in [0.25, 0.3) is 0 Å². The van der Waals surface area contributed by atoms with E-state index in [1.807, 2.05) is 12.1 Å². The van der Waals surface area contributed by atoms with E-state index in [2.05, 4.69) is 29.0 Å². The molecule has 4 heteroatoms. The van der Waals surface area contributed by atoms with Crippen LogP contribution in [0.3, 0.4) is 0 Å². The number of halogens is 1. The summed E-state index contributed by atoms with van der Waals surface area (Å²) in [6.45, 7) is 5.38. The molecule has 2 fully saturated rings. The molecule has 0 amide bonds. The van der Waals surface area contributed by atoms with Gasteiger partial charge in [0, 0.05) is 30.2 Å². The third-order valence-corrected chi connectivity index (χ3v) is 5.59. The van der Waals surface area contributed by atoms with E-state index < -0.39 is 0 Å². The summed E-state index contributed by atoms with van der Waals surface area (Å²) in [5.41, 5.74) is 7.70. The highest BCUT2D eigenvalue weighted by Crippen LogP contribution is 2.39. The van der Waals surface area contributed by atoms with Crippen LogP contribution < -0.4 is 5.73 Å². The predicted molar refractivity (Wildman–Crippen MR) is 83.9 cm³/mol. The van der Waals surface area contributed by atoms with Gasteiger partial charge in [-0.05, 0) is 56.6 Å². The van der Waals surface area contributed by atoms with Crippen molar-refractivity contribution >= 4 is 11.6 Å². The van der Waals surface area contributed by atoms with Crippen LogP contribution in [-0.4, -0.2) is 48.6 Å². The molecule has 0 aromatic heterocycles. The van der Waals surface area contributed by atoms with Gasteiger partial charge in [-0.15, -0.1) is 0 Å². The molecule has 1 aromatic rings. The van der Waals surface area contributed by atoms with Gasteiger partial charge in [0.25, 0.3) is 0 Å². The number of piperidine rings is 1. The van der Waals surface area contributed by atoms with Crippen LogP contribution in [0.1, 0.15) is 18.4 Å². The van der Waals surface area contributed by atoms with E-state index in [-0.39, 0.29) is 5.54 Å². The van der Waals surface area contributed by atoms with Crippen LogP contribution in [0.5, 0.6) is 0 Å². The zero-order valence-corrected chi connectivity index (χ0v) is 12.9. The Bertz CT molecular complexity index is 461. The van der Waals surface area contributed by atoms with Crippen molar-refractivity contribution in [2.24, 2.45) is 11.7 Å². The Morgan fingerprint density at radius 2 is 2.10 bits per heavy atom. The molecule has 0 radical (unpaired) electrons. The smallest absolute Gasteiger partial charge is 0.0406 e. The lowest BCUT2D eigenvalue weighted by Gasteiger charge is -2.48. The molecule has 1 aromatic carbocycles. The first-order valence-corrected chi connectivity index (χ1v) is 7.90. The highest BCUT2D eigenvalue weighted by molar-refractivity contribution is 6.30. The van der Waals surface area contributed by atoms with Crippen molar-refractivity contribution in [2.45, 2.75) is 24.9 Å². The number of likely N-dealkylation sites (N-methyl/N-ethyl adjacent to an activating group) is 1. The molecule has 2 aliphatic heterocycles. The minimum absolute atomic E-state index is 0.173. The van der Waals surface area contributed by atoms with Gasteiger partial charge in [0.15, 0.2) is 0 Å². The summed E-state index contributed by atoms with van der Waals surface area (Å²) in [6.07, 6.45) is 2.49. The second kappa shape index (κ2) is 5.64. The Labute approximate surface area is 126 Å². The lowest BCUT2D eigenvalue weighted by molar-refractivity contribution is 0.0212. The Balaban J connectivity index is 1.76. The molecule has 3 unspecified atom stereocenters. The maximum absolute atomic E-state index is 6.22. The number of hydrogen-bond acceptors (Lipinski definition) is 3. The Morgan fingerprint density at radius 3 is 2.80 bits per heavy atom. The van der Waals surface area contributed by atoms with Gasteiger partial charge in [0.05, 0.1) is 0 Å². The molecule has 20 heavy (non-hydrogen) atoms. The highest BCUT2D eigenvalue weighted by atomic mass is 35.5. The van der Waals surface area contributed by atoms with Gasteiger partial charge in [0.1, 0.15) is 0 Å². The lowest BCUT2D eigenvalue weighted by atomic mass is 9.77. The second-order valence-electron chi connectivity index (χ2n) is 6.33. The molecule has 3 nitrogen and oxygen atoms in total. The van der Waals surface area contributed by atoms with E-state index in [1.165, 1.54) is 38.0 Å². The van der Waals surface area contributed by atoms with E-state index in [4.69, 9.17) is 17.3 Å². The van der Waals surface area contributed by atoms with Crippen molar-refractivity contribution in [3.8, 4) is 0 Å². The van der Waals surface area contributed by atoms with Crippen LogP contribution in [0, 0.1) is 5.92 Å². The quantitative estimate of drug-likeness (QED) is 0.924. The molecule has 2 bridgehead atoms. The van der Waals surface area contributed by atoms with Crippen LogP contribution in [-0.2, 0) is 6.54 Å². The number of hydrogen-bond donors (Lipinski definition) is 1. The summed E-state index contributed by atoms with van der Waals surface area (Å²) in [5.74, 6) is 0.721. The molecule has 2 heterocycles. The maximum atomic E-state index is 6.22. The number of benzene rings is 1. The molecule has 110 valence electrons. The number of nitrogens with two attached hydrogens (primary N) is 1. The van der Waals surface area contributed by atoms with Crippen LogP contribution >= 0.6 is 11.6 Å². The van der Waals surface area contributed by atoms with Gasteiger partial charge in [-0.25, -0.2) is 0 Å². The van der Waals surface area contributed by atoms with Crippen molar-refractivity contribution < 1.29 is 0 Å². The van der Waals surface area contributed by atoms with Crippen LogP contribution in [0.15, 0.2) is 24.3 Å². The molecule has 2 saturated heterocycles. The SMILES string of the molecule is CN(Cc1ccc(Cl)cc1)C1(CN)CCN2CCC1C2. The normalized spacial score (nSPS) is 32.8. The Morgan fingerprint density at radius 1 is 1.35 bits per heavy atom. The van der Waals surface area contributed by atoms with E-state index >= 15 is 0 Å². The monoisotopic (exact) mass is 293 g/mol. The third-order valence-electron chi connectivity index (χ3n) is 5.34. The molecular weight excluding hydrogens is 270 g/mol. The Hall–Kier alpha value is -0.610. The number of nitrogens with zero attached hydrogens (tertiary/aromatic N) is 2. The Kier molecular flexibility index (Phi) is 4.04. The summed E-state index contributed by atoms with van der Waals surface area (Å²) in [5, 5.41) is 0.800. The van der Waals surface area contributed by atoms with Gasteiger partial charge < -0.3 is 10.6 Å². The van der Waals surface area contributed by atoms with Crippen molar-refractivity contribution in [3.05, 3.63) is 34.9 Å². The summed E-state index contributed by atoms with van der Waals surface area (Å²) in [4.78, 5) is 5.07. The van der Waals surface area contributed by atoms with Gasteiger partial charge in [-0.1, -0.05) is 23.7 Å². The molecule has 3 atom stereocenters. The minimum Gasteiger partial charge on any atom is -0.329 e. The predicted octanol–water partition coefficient (Wildman–Crippen LogP) is 2.19. The lowest BCUT2D eigenvalue weighted by Crippen LogP contribution is -2.60. The van der Waals surface area contributed by atoms with Crippen molar-refractivity contribution in [2.75, 3.05) is 33.2 Å². The van der Waals surface area contributed by atoms with Crippen LogP contribution in [0.4, 0.5) is 0 Å². The van der Waals surface area contributed by atoms with E-state index in [9.17, 15) is 0 Å². The summed E-state index contributed by atoms with van der Waals surface area (Å²) in [6, 6.07) is 8.18. The minimum atomic E-state index is 0.173. The van der Waals surface area contributed by atoms with E-state index in [1.54, 1.807) is 0 Å². The average molecular weight is 294 g/mol. The average Bonchev–Trinajstić information content (AvgIpc) is 2.86. The van der Waals surface area contributed by atoms with E-state index in [0.29, 0.717) is 0 Å². The molecule has 0 saturated carbocycles. The zero-order chi connectivity index (χ0) is 14.2. The highest BCUT2D eigenvalue weighted by Gasteiger charge is 2.47. The largest absolute Gasteiger partial charge is 0.329 e. The summed E-state index contributed by atoms with van der Waals surface area (Å²) in [7, 11) is 2.23. The number of rotatable bonds is 4. The second-order valence-corrected chi connectivity index (χ2v) is 6.76. The fraction of sp³-hybridized carbons (Fsp3) is 0.625. The van der Waals surface area contributed by atoms with Crippen molar-refractivity contribution in [1.82, 2.24) is 9.80 Å². The zero-order valence-electron chi connectivity index (χ0n) is 12.2. The third kappa shape index (κ3) is 2.48. The van der Waals surface area contributed by atoms with Gasteiger partial charge >= 0.3 is 0 Å². The molecule has 3 rings (SSSR count). The first-order chi connectivity index (χ1) is 9.64. The first-order valence-electron chi connectivity index (χ1n) is 7.52. The van der Waals surface area contributed by atoms with Gasteiger partial charge in [0.2, 0.25) is 0 Å². The number of fused-ring (bicyclic) bond motifs is 2. The fourth-order valence-electron chi connectivity index (χ4n) is 3.98. The standard InChI is InChI=1S/C16H24ClN3/c1-19(10-13-2-4-15(17)5-3-13)16(12-18)7-9-20-8-6-14(16)11-20/h2-5,14H,6-12,18H2,1H3. The molecular formula is C16H24ClN3.